The first-order valence-corrected chi connectivity index (χ1v) is 9.26. The highest BCUT2D eigenvalue weighted by molar-refractivity contribution is 7.09. The molecule has 4 rings (SSSR count). The smallest absolute Gasteiger partial charge is 0.223 e. The van der Waals surface area contributed by atoms with Crippen molar-refractivity contribution in [2.75, 3.05) is 0 Å². The molecule has 3 heterocycles. The van der Waals surface area contributed by atoms with Crippen LogP contribution in [0.2, 0.25) is 0 Å². The van der Waals surface area contributed by atoms with Gasteiger partial charge in [-0.25, -0.2) is 0 Å². The molecule has 0 radical (unpaired) electrons. The third kappa shape index (κ3) is 3.02. The van der Waals surface area contributed by atoms with Crippen LogP contribution in [0.4, 0.5) is 0 Å². The van der Waals surface area contributed by atoms with Crippen LogP contribution in [0.25, 0.3) is 0 Å². The number of nitrogens with zero attached hydrogens (tertiary/aromatic N) is 1. The quantitative estimate of drug-likeness (QED) is 0.926. The molecular formula is C17H24N2OS. The maximum Gasteiger partial charge on any atom is 0.223 e. The fraction of sp³-hybridized carbons (Fsp3) is 0.706. The zero-order chi connectivity index (χ0) is 14.2. The van der Waals surface area contributed by atoms with Crippen molar-refractivity contribution < 1.29 is 4.79 Å². The summed E-state index contributed by atoms with van der Waals surface area (Å²) in [5.74, 6) is 0.666. The van der Waals surface area contributed by atoms with Crippen molar-refractivity contribution in [2.24, 2.45) is 5.92 Å². The highest BCUT2D eigenvalue weighted by atomic mass is 32.1. The summed E-state index contributed by atoms with van der Waals surface area (Å²) in [5.41, 5.74) is 0. The molecule has 0 aromatic carbocycles. The lowest BCUT2D eigenvalue weighted by molar-refractivity contribution is -0.123. The SMILES string of the molecule is O=C(NC1C[C@H]2CCC[C@@H](C1)N2Cc1cccs1)C1CC1. The Morgan fingerprint density at radius 3 is 2.62 bits per heavy atom. The summed E-state index contributed by atoms with van der Waals surface area (Å²) in [5, 5.41) is 5.50. The molecule has 1 amide bonds. The summed E-state index contributed by atoms with van der Waals surface area (Å²) in [6, 6.07) is 6.17. The summed E-state index contributed by atoms with van der Waals surface area (Å²) in [4.78, 5) is 16.2. The third-order valence-electron chi connectivity index (χ3n) is 5.34. The van der Waals surface area contributed by atoms with Gasteiger partial charge >= 0.3 is 0 Å². The monoisotopic (exact) mass is 304 g/mol. The van der Waals surface area contributed by atoms with Crippen LogP contribution in [-0.2, 0) is 11.3 Å². The van der Waals surface area contributed by atoms with Crippen LogP contribution in [0.15, 0.2) is 17.5 Å². The number of carbonyl (C=O) groups is 1. The molecule has 3 nitrogen and oxygen atoms in total. The van der Waals surface area contributed by atoms with Gasteiger partial charge in [0, 0.05) is 35.5 Å². The van der Waals surface area contributed by atoms with Gasteiger partial charge in [-0.15, -0.1) is 11.3 Å². The van der Waals surface area contributed by atoms with Crippen molar-refractivity contribution in [1.29, 1.82) is 0 Å². The second-order valence-electron chi connectivity index (χ2n) is 6.94. The minimum Gasteiger partial charge on any atom is -0.353 e. The third-order valence-corrected chi connectivity index (χ3v) is 6.20. The molecule has 3 atom stereocenters. The average Bonchev–Trinajstić information content (AvgIpc) is 3.18. The molecule has 114 valence electrons. The standard InChI is InChI=1S/C17H24N2OS/c20-17(12-6-7-12)18-13-9-14-3-1-4-15(10-13)19(14)11-16-5-2-8-21-16/h2,5,8,12-15H,1,3-4,6-7,9-11H2,(H,18,20)/t13?,14-,15+. The summed E-state index contributed by atoms with van der Waals surface area (Å²) in [7, 11) is 0. The molecule has 2 saturated heterocycles. The second-order valence-corrected chi connectivity index (χ2v) is 7.97. The Hall–Kier alpha value is -0.870. The van der Waals surface area contributed by atoms with Gasteiger partial charge in [0.15, 0.2) is 0 Å². The number of hydrogen-bond acceptors (Lipinski definition) is 3. The zero-order valence-corrected chi connectivity index (χ0v) is 13.3. The number of amides is 1. The summed E-state index contributed by atoms with van der Waals surface area (Å²) < 4.78 is 0. The van der Waals surface area contributed by atoms with Gasteiger partial charge in [-0.05, 0) is 50.0 Å². The Labute approximate surface area is 130 Å². The lowest BCUT2D eigenvalue weighted by Gasteiger charge is -2.49. The average molecular weight is 304 g/mol. The first kappa shape index (κ1) is 13.8. The van der Waals surface area contributed by atoms with Gasteiger partial charge in [0.1, 0.15) is 0 Å². The molecule has 2 aliphatic heterocycles. The Balaban J connectivity index is 1.41. The van der Waals surface area contributed by atoms with Crippen molar-refractivity contribution in [3.8, 4) is 0 Å². The first-order valence-electron chi connectivity index (χ1n) is 8.38. The molecule has 3 fully saturated rings. The van der Waals surface area contributed by atoms with Gasteiger partial charge in [0.05, 0.1) is 0 Å². The zero-order valence-electron chi connectivity index (χ0n) is 12.5. The van der Waals surface area contributed by atoms with Crippen LogP contribution in [0.5, 0.6) is 0 Å². The second kappa shape index (κ2) is 5.73. The highest BCUT2D eigenvalue weighted by Crippen LogP contribution is 2.36. The molecule has 0 spiro atoms. The van der Waals surface area contributed by atoms with Crippen molar-refractivity contribution in [2.45, 2.75) is 69.6 Å². The van der Waals surface area contributed by atoms with Gasteiger partial charge in [0.25, 0.3) is 0 Å². The largest absolute Gasteiger partial charge is 0.353 e. The maximum absolute atomic E-state index is 12.0. The first-order chi connectivity index (χ1) is 10.3. The molecule has 1 aromatic heterocycles. The van der Waals surface area contributed by atoms with E-state index in [4.69, 9.17) is 0 Å². The van der Waals surface area contributed by atoms with E-state index in [1.165, 1.54) is 24.1 Å². The molecule has 1 unspecified atom stereocenters. The fourth-order valence-corrected chi connectivity index (χ4v) is 4.81. The number of thiophene rings is 1. The number of rotatable bonds is 4. The van der Waals surface area contributed by atoms with Gasteiger partial charge in [-0.1, -0.05) is 12.5 Å². The predicted octanol–water partition coefficient (Wildman–Crippen LogP) is 3.16. The lowest BCUT2D eigenvalue weighted by Crippen LogP contribution is -2.56. The Kier molecular flexibility index (Phi) is 3.76. The van der Waals surface area contributed by atoms with Crippen LogP contribution >= 0.6 is 11.3 Å². The van der Waals surface area contributed by atoms with Crippen LogP contribution in [-0.4, -0.2) is 28.9 Å². The van der Waals surface area contributed by atoms with E-state index in [9.17, 15) is 4.79 Å². The molecule has 3 aliphatic rings. The van der Waals surface area contributed by atoms with Gasteiger partial charge in [-0.2, -0.15) is 0 Å². The summed E-state index contributed by atoms with van der Waals surface area (Å²) >= 11 is 1.87. The van der Waals surface area contributed by atoms with Gasteiger partial charge in [-0.3, -0.25) is 9.69 Å². The van der Waals surface area contributed by atoms with Crippen molar-refractivity contribution >= 4 is 17.2 Å². The molecule has 1 aromatic rings. The fourth-order valence-electron chi connectivity index (χ4n) is 4.10. The minimum atomic E-state index is 0.324. The maximum atomic E-state index is 12.0. The van der Waals surface area contributed by atoms with E-state index < -0.39 is 0 Å². The summed E-state index contributed by atoms with van der Waals surface area (Å²) in [6.07, 6.45) is 8.49. The number of fused-ring (bicyclic) bond motifs is 2. The van der Waals surface area contributed by atoms with E-state index in [-0.39, 0.29) is 0 Å². The molecule has 1 N–H and O–H groups in total. The number of carbonyl (C=O) groups excluding carboxylic acids is 1. The Morgan fingerprint density at radius 2 is 2.00 bits per heavy atom. The van der Waals surface area contributed by atoms with Gasteiger partial charge < -0.3 is 5.32 Å². The highest BCUT2D eigenvalue weighted by Gasteiger charge is 2.40. The Morgan fingerprint density at radius 1 is 1.24 bits per heavy atom. The Bertz CT molecular complexity index is 483. The van der Waals surface area contributed by atoms with E-state index in [0.717, 1.165) is 32.2 Å². The molecular weight excluding hydrogens is 280 g/mol. The predicted molar refractivity (Wildman–Crippen MR) is 85.2 cm³/mol. The van der Waals surface area contributed by atoms with E-state index in [0.29, 0.717) is 30.0 Å². The van der Waals surface area contributed by atoms with Crippen molar-refractivity contribution in [3.05, 3.63) is 22.4 Å². The van der Waals surface area contributed by atoms with Crippen molar-refractivity contribution in [1.82, 2.24) is 10.2 Å². The van der Waals surface area contributed by atoms with E-state index >= 15 is 0 Å². The van der Waals surface area contributed by atoms with Gasteiger partial charge in [0.2, 0.25) is 5.91 Å². The molecule has 1 saturated carbocycles. The number of piperidine rings is 2. The van der Waals surface area contributed by atoms with Crippen LogP contribution < -0.4 is 5.32 Å². The van der Waals surface area contributed by atoms with E-state index in [2.05, 4.69) is 27.7 Å². The van der Waals surface area contributed by atoms with Crippen molar-refractivity contribution in [3.63, 3.8) is 0 Å². The lowest BCUT2D eigenvalue weighted by atomic mass is 9.81. The topological polar surface area (TPSA) is 32.3 Å². The molecule has 1 aliphatic carbocycles. The minimum absolute atomic E-state index is 0.324. The number of nitrogens with one attached hydrogen (secondary N) is 1. The van der Waals surface area contributed by atoms with Crippen LogP contribution in [0, 0.1) is 5.92 Å². The summed E-state index contributed by atoms with van der Waals surface area (Å²) in [6.45, 7) is 1.11. The van der Waals surface area contributed by atoms with E-state index in [1.807, 2.05) is 11.3 Å². The van der Waals surface area contributed by atoms with E-state index in [1.54, 1.807) is 0 Å². The normalized spacial score (nSPS) is 32.9. The molecule has 4 heteroatoms. The molecule has 2 bridgehead atoms. The molecule has 21 heavy (non-hydrogen) atoms. The number of hydrogen-bond donors (Lipinski definition) is 1. The van der Waals surface area contributed by atoms with Crippen LogP contribution in [0.3, 0.4) is 0 Å². The van der Waals surface area contributed by atoms with Crippen LogP contribution in [0.1, 0.15) is 49.8 Å².